The Morgan fingerprint density at radius 1 is 0.756 bits per heavy atom. The van der Waals surface area contributed by atoms with Crippen LogP contribution in [0.15, 0.2) is 42.5 Å². The summed E-state index contributed by atoms with van der Waals surface area (Å²) < 4.78 is 27.4. The summed E-state index contributed by atoms with van der Waals surface area (Å²) in [6.07, 6.45) is 4.01. The van der Waals surface area contributed by atoms with Gasteiger partial charge in [-0.05, 0) is 95.9 Å². The molecule has 0 saturated heterocycles. The molecule has 0 spiro atoms. The lowest BCUT2D eigenvalue weighted by molar-refractivity contribution is -0.160. The summed E-state index contributed by atoms with van der Waals surface area (Å²) in [5.74, 6) is 0.604. The highest BCUT2D eigenvalue weighted by Crippen LogP contribution is 2.39. The summed E-state index contributed by atoms with van der Waals surface area (Å²) in [5, 5.41) is 0. The first kappa shape index (κ1) is 33.4. The van der Waals surface area contributed by atoms with Crippen LogP contribution >= 0.6 is 0 Å². The van der Waals surface area contributed by atoms with E-state index in [0.29, 0.717) is 28.4 Å². The zero-order valence-electron chi connectivity index (χ0n) is 26.0. The number of hydrogen-bond donors (Lipinski definition) is 0. The summed E-state index contributed by atoms with van der Waals surface area (Å²) in [6, 6.07) is 10.3. The van der Waals surface area contributed by atoms with Crippen molar-refractivity contribution in [2.45, 2.75) is 74.1 Å². The van der Waals surface area contributed by atoms with E-state index >= 15 is 0 Å². The summed E-state index contributed by atoms with van der Waals surface area (Å²) in [7, 11) is 1.54. The first-order chi connectivity index (χ1) is 19.0. The van der Waals surface area contributed by atoms with Crippen molar-refractivity contribution in [1.82, 2.24) is 0 Å². The molecule has 0 aliphatic carbocycles. The van der Waals surface area contributed by atoms with Gasteiger partial charge in [-0.1, -0.05) is 20.8 Å². The lowest BCUT2D eigenvalue weighted by atomic mass is 9.80. The highest BCUT2D eigenvalue weighted by molar-refractivity contribution is 6.07. The molecule has 0 radical (unpaired) electrons. The molecule has 41 heavy (non-hydrogen) atoms. The topological polar surface area (TPSA) is 97.4 Å². The number of carbonyl (C=O) groups is 3. The van der Waals surface area contributed by atoms with Crippen LogP contribution in [0.5, 0.6) is 17.2 Å². The van der Waals surface area contributed by atoms with Gasteiger partial charge in [-0.25, -0.2) is 0 Å². The maximum absolute atomic E-state index is 12.9. The van der Waals surface area contributed by atoms with Gasteiger partial charge in [0.15, 0.2) is 5.78 Å². The summed E-state index contributed by atoms with van der Waals surface area (Å²) in [4.78, 5) is 36.9. The normalized spacial score (nSPS) is 12.1. The van der Waals surface area contributed by atoms with Crippen molar-refractivity contribution in [2.24, 2.45) is 10.8 Å². The molecule has 8 nitrogen and oxygen atoms in total. The fraction of sp³-hybridized carbons (Fsp3) is 0.485. The Kier molecular flexibility index (Phi) is 11.2. The first-order valence-electron chi connectivity index (χ1n) is 13.6. The SMILES string of the molecule is CCC(C)(C)c1cc(/C=C/C(=O)c2ccc(OCOC(=O)C(C)(C)C)cc2)c(OC)cc1OCOC(=O)C(C)(C)C. The quantitative estimate of drug-likeness (QED) is 0.115. The molecule has 0 aromatic heterocycles. The van der Waals surface area contributed by atoms with E-state index in [1.54, 1.807) is 85.1 Å². The Balaban J connectivity index is 2.20. The molecular formula is C33H44O8. The average molecular weight is 569 g/mol. The van der Waals surface area contributed by atoms with E-state index in [4.69, 9.17) is 23.7 Å². The molecule has 0 aliphatic rings. The van der Waals surface area contributed by atoms with Crippen molar-refractivity contribution in [3.05, 3.63) is 59.2 Å². The van der Waals surface area contributed by atoms with Gasteiger partial charge >= 0.3 is 11.9 Å². The monoisotopic (exact) mass is 568 g/mol. The Bertz CT molecular complexity index is 1240. The van der Waals surface area contributed by atoms with E-state index in [1.807, 2.05) is 6.07 Å². The third kappa shape index (κ3) is 9.66. The van der Waals surface area contributed by atoms with Gasteiger partial charge in [0.05, 0.1) is 17.9 Å². The van der Waals surface area contributed by atoms with Gasteiger partial charge in [-0.3, -0.25) is 14.4 Å². The van der Waals surface area contributed by atoms with Crippen LogP contribution in [-0.4, -0.2) is 38.4 Å². The molecule has 0 N–H and O–H groups in total. The molecule has 0 atom stereocenters. The third-order valence-electron chi connectivity index (χ3n) is 6.54. The van der Waals surface area contributed by atoms with E-state index in [-0.39, 0.29) is 36.7 Å². The van der Waals surface area contributed by atoms with Gasteiger partial charge < -0.3 is 23.7 Å². The van der Waals surface area contributed by atoms with Crippen molar-refractivity contribution >= 4 is 23.8 Å². The number of allylic oxidation sites excluding steroid dienone is 1. The van der Waals surface area contributed by atoms with Crippen molar-refractivity contribution in [3.63, 3.8) is 0 Å². The van der Waals surface area contributed by atoms with Crippen molar-refractivity contribution in [3.8, 4) is 17.2 Å². The molecular weight excluding hydrogens is 524 g/mol. The molecule has 2 rings (SSSR count). The number of hydrogen-bond acceptors (Lipinski definition) is 8. The minimum atomic E-state index is -0.637. The predicted molar refractivity (Wildman–Crippen MR) is 158 cm³/mol. The third-order valence-corrected chi connectivity index (χ3v) is 6.54. The Morgan fingerprint density at radius 2 is 1.29 bits per heavy atom. The van der Waals surface area contributed by atoms with Crippen LogP contribution in [0, 0.1) is 10.8 Å². The second-order valence-corrected chi connectivity index (χ2v) is 12.4. The zero-order chi connectivity index (χ0) is 31.0. The fourth-order valence-electron chi connectivity index (χ4n) is 3.43. The molecule has 2 aromatic carbocycles. The van der Waals surface area contributed by atoms with Gasteiger partial charge in [-0.15, -0.1) is 0 Å². The van der Waals surface area contributed by atoms with Gasteiger partial charge in [0.2, 0.25) is 13.6 Å². The van der Waals surface area contributed by atoms with Crippen LogP contribution in [0.3, 0.4) is 0 Å². The molecule has 0 amide bonds. The summed E-state index contributed by atoms with van der Waals surface area (Å²) in [5.41, 5.74) is 0.552. The molecule has 0 unspecified atom stereocenters. The van der Waals surface area contributed by atoms with Crippen molar-refractivity contribution in [1.29, 1.82) is 0 Å². The van der Waals surface area contributed by atoms with Crippen LogP contribution in [0.1, 0.15) is 90.2 Å². The zero-order valence-corrected chi connectivity index (χ0v) is 26.0. The van der Waals surface area contributed by atoms with E-state index in [2.05, 4.69) is 20.8 Å². The largest absolute Gasteiger partial charge is 0.496 e. The van der Waals surface area contributed by atoms with E-state index < -0.39 is 10.8 Å². The minimum absolute atomic E-state index is 0.205. The number of ketones is 1. The Labute approximate surface area is 244 Å². The molecule has 0 bridgehead atoms. The van der Waals surface area contributed by atoms with Gasteiger partial charge in [0, 0.05) is 22.8 Å². The lowest BCUT2D eigenvalue weighted by Crippen LogP contribution is -2.25. The second-order valence-electron chi connectivity index (χ2n) is 12.4. The molecule has 0 heterocycles. The van der Waals surface area contributed by atoms with Gasteiger partial charge in [0.1, 0.15) is 17.2 Å². The predicted octanol–water partition coefficient (Wildman–Crippen LogP) is 7.13. The van der Waals surface area contributed by atoms with Crippen LogP contribution in [0.25, 0.3) is 6.08 Å². The van der Waals surface area contributed by atoms with Crippen molar-refractivity contribution in [2.75, 3.05) is 20.7 Å². The number of carbonyl (C=O) groups excluding carboxylic acids is 3. The fourth-order valence-corrected chi connectivity index (χ4v) is 3.43. The lowest BCUT2D eigenvalue weighted by Gasteiger charge is -2.27. The summed E-state index contributed by atoms with van der Waals surface area (Å²) in [6.45, 7) is 16.5. The highest BCUT2D eigenvalue weighted by atomic mass is 16.7. The van der Waals surface area contributed by atoms with E-state index in [1.165, 1.54) is 6.08 Å². The Morgan fingerprint density at radius 3 is 1.78 bits per heavy atom. The van der Waals surface area contributed by atoms with Crippen LogP contribution in [0.2, 0.25) is 0 Å². The van der Waals surface area contributed by atoms with E-state index in [9.17, 15) is 14.4 Å². The van der Waals surface area contributed by atoms with Crippen LogP contribution in [0.4, 0.5) is 0 Å². The Hall–Kier alpha value is -3.81. The molecule has 224 valence electrons. The second kappa shape index (κ2) is 13.7. The van der Waals surface area contributed by atoms with Crippen molar-refractivity contribution < 1.29 is 38.1 Å². The maximum Gasteiger partial charge on any atom is 0.314 e. The smallest absolute Gasteiger partial charge is 0.314 e. The van der Waals surface area contributed by atoms with Crippen LogP contribution in [-0.2, 0) is 24.5 Å². The molecule has 0 aliphatic heterocycles. The molecule has 8 heteroatoms. The maximum atomic E-state index is 12.9. The van der Waals surface area contributed by atoms with Crippen LogP contribution < -0.4 is 14.2 Å². The first-order valence-corrected chi connectivity index (χ1v) is 13.6. The number of esters is 2. The van der Waals surface area contributed by atoms with E-state index in [0.717, 1.165) is 12.0 Å². The minimum Gasteiger partial charge on any atom is -0.496 e. The van der Waals surface area contributed by atoms with Gasteiger partial charge in [0.25, 0.3) is 0 Å². The number of methoxy groups -OCH3 is 1. The average Bonchev–Trinajstić information content (AvgIpc) is 2.90. The number of rotatable bonds is 12. The molecule has 2 aromatic rings. The molecule has 0 fully saturated rings. The highest BCUT2D eigenvalue weighted by Gasteiger charge is 2.27. The number of benzene rings is 2. The molecule has 0 saturated carbocycles. The standard InChI is InChI=1S/C33H44O8/c1-11-33(8,9)25-18-23(27(37-10)19-28(25)39-21-41-30(36)32(5,6)7)14-17-26(34)22-12-15-24(16-13-22)38-20-40-29(35)31(2,3)4/h12-19H,11,20-21H2,1-10H3/b17-14+. The van der Waals surface area contributed by atoms with Gasteiger partial charge in [-0.2, -0.15) is 0 Å². The number of ether oxygens (including phenoxy) is 5. The summed E-state index contributed by atoms with van der Waals surface area (Å²) >= 11 is 0.